The van der Waals surface area contributed by atoms with Gasteiger partial charge in [0.2, 0.25) is 0 Å². The van der Waals surface area contributed by atoms with Gasteiger partial charge >= 0.3 is 0 Å². The predicted molar refractivity (Wildman–Crippen MR) is 78.5 cm³/mol. The average molecular weight is 272 g/mol. The Hall–Kier alpha value is -1.88. The van der Waals surface area contributed by atoms with Crippen LogP contribution in [0.25, 0.3) is 11.4 Å². The molecule has 20 heavy (non-hydrogen) atoms. The molecule has 5 nitrogen and oxygen atoms in total. The molecule has 5 heteroatoms. The summed E-state index contributed by atoms with van der Waals surface area (Å²) in [5, 5.41) is 11.5. The zero-order valence-electron chi connectivity index (χ0n) is 11.9. The number of aryl methyl sites for hydroxylation is 1. The highest BCUT2D eigenvalue weighted by molar-refractivity contribution is 5.62. The van der Waals surface area contributed by atoms with Crippen LogP contribution in [-0.2, 0) is 11.8 Å². The lowest BCUT2D eigenvalue weighted by atomic mass is 10.1. The molecule has 0 saturated carbocycles. The molecule has 0 spiro atoms. The second-order valence-corrected chi connectivity index (χ2v) is 5.37. The van der Waals surface area contributed by atoms with Crippen molar-refractivity contribution >= 4 is 5.69 Å². The third-order valence-corrected chi connectivity index (χ3v) is 3.69. The van der Waals surface area contributed by atoms with Crippen molar-refractivity contribution in [2.75, 3.05) is 11.9 Å². The summed E-state index contributed by atoms with van der Waals surface area (Å²) in [6.45, 7) is 2.99. The van der Waals surface area contributed by atoms with Crippen LogP contribution in [0.4, 0.5) is 5.69 Å². The lowest BCUT2D eigenvalue weighted by Gasteiger charge is -2.13. The number of rotatable bonds is 4. The van der Waals surface area contributed by atoms with Gasteiger partial charge in [-0.1, -0.05) is 12.1 Å². The average Bonchev–Trinajstić information content (AvgIpc) is 3.05. The Morgan fingerprint density at radius 3 is 3.00 bits per heavy atom. The molecule has 0 amide bonds. The molecule has 1 fully saturated rings. The summed E-state index contributed by atoms with van der Waals surface area (Å²) >= 11 is 0. The van der Waals surface area contributed by atoms with Crippen molar-refractivity contribution in [3.05, 3.63) is 30.6 Å². The van der Waals surface area contributed by atoms with E-state index in [-0.39, 0.29) is 0 Å². The summed E-state index contributed by atoms with van der Waals surface area (Å²) in [5.41, 5.74) is 2.16. The van der Waals surface area contributed by atoms with Crippen molar-refractivity contribution in [2.45, 2.75) is 32.0 Å². The monoisotopic (exact) mass is 272 g/mol. The van der Waals surface area contributed by atoms with Gasteiger partial charge < -0.3 is 14.6 Å². The molecule has 1 aliphatic heterocycles. The highest BCUT2D eigenvalue weighted by Gasteiger charge is 2.21. The first kappa shape index (κ1) is 13.1. The lowest BCUT2D eigenvalue weighted by Crippen LogP contribution is -2.19. The fourth-order valence-electron chi connectivity index (χ4n) is 2.58. The molecule has 2 unspecified atom stereocenters. The molecule has 1 aliphatic rings. The molecule has 2 atom stereocenters. The largest absolute Gasteiger partial charge is 0.382 e. The van der Waals surface area contributed by atoms with Gasteiger partial charge in [0.1, 0.15) is 6.33 Å². The maximum Gasteiger partial charge on any atom is 0.163 e. The van der Waals surface area contributed by atoms with Crippen LogP contribution in [0.5, 0.6) is 0 Å². The lowest BCUT2D eigenvalue weighted by molar-refractivity contribution is 0.0637. The fraction of sp³-hybridized carbons (Fsp3) is 0.467. The molecule has 106 valence electrons. The Morgan fingerprint density at radius 2 is 2.30 bits per heavy atom. The second-order valence-electron chi connectivity index (χ2n) is 5.37. The summed E-state index contributed by atoms with van der Waals surface area (Å²) in [4.78, 5) is 0. The third kappa shape index (κ3) is 2.82. The molecular weight excluding hydrogens is 252 g/mol. The standard InChI is InChI=1S/C15H20N4O/c1-11-6-7-14(20-11)9-16-13-5-3-4-12(8-13)15-18-17-10-19(15)2/h3-5,8,10-11,14,16H,6-7,9H2,1-2H3. The minimum atomic E-state index is 0.323. The maximum atomic E-state index is 5.82. The van der Waals surface area contributed by atoms with Crippen LogP contribution in [0.3, 0.4) is 0 Å². The van der Waals surface area contributed by atoms with Crippen LogP contribution in [0.15, 0.2) is 30.6 Å². The molecule has 1 aromatic carbocycles. The van der Waals surface area contributed by atoms with Crippen LogP contribution in [-0.4, -0.2) is 33.5 Å². The minimum Gasteiger partial charge on any atom is -0.382 e. The van der Waals surface area contributed by atoms with Gasteiger partial charge in [-0.3, -0.25) is 0 Å². The summed E-state index contributed by atoms with van der Waals surface area (Å²) < 4.78 is 7.73. The Labute approximate surface area is 119 Å². The molecule has 0 aliphatic carbocycles. The van der Waals surface area contributed by atoms with Crippen molar-refractivity contribution < 1.29 is 4.74 Å². The van der Waals surface area contributed by atoms with Crippen LogP contribution in [0.1, 0.15) is 19.8 Å². The van der Waals surface area contributed by atoms with Crippen molar-refractivity contribution in [3.8, 4) is 11.4 Å². The van der Waals surface area contributed by atoms with Gasteiger partial charge in [-0.25, -0.2) is 0 Å². The van der Waals surface area contributed by atoms with E-state index in [1.165, 1.54) is 0 Å². The van der Waals surface area contributed by atoms with Gasteiger partial charge in [-0.15, -0.1) is 10.2 Å². The highest BCUT2D eigenvalue weighted by atomic mass is 16.5. The Bertz CT molecular complexity index is 581. The van der Waals surface area contributed by atoms with E-state index in [0.717, 1.165) is 36.5 Å². The van der Waals surface area contributed by atoms with Crippen LogP contribution in [0.2, 0.25) is 0 Å². The van der Waals surface area contributed by atoms with Gasteiger partial charge in [0.15, 0.2) is 5.82 Å². The van der Waals surface area contributed by atoms with E-state index < -0.39 is 0 Å². The number of aromatic nitrogens is 3. The first-order chi connectivity index (χ1) is 9.72. The molecule has 1 N–H and O–H groups in total. The normalized spacial score (nSPS) is 22.1. The molecule has 0 radical (unpaired) electrons. The van der Waals surface area contributed by atoms with E-state index in [1.54, 1.807) is 6.33 Å². The zero-order valence-corrected chi connectivity index (χ0v) is 11.9. The van der Waals surface area contributed by atoms with Crippen molar-refractivity contribution in [1.29, 1.82) is 0 Å². The van der Waals surface area contributed by atoms with Gasteiger partial charge in [-0.05, 0) is 31.9 Å². The Balaban J connectivity index is 1.67. The number of ether oxygens (including phenoxy) is 1. The Morgan fingerprint density at radius 1 is 1.40 bits per heavy atom. The summed E-state index contributed by atoms with van der Waals surface area (Å²) in [5.74, 6) is 0.874. The molecule has 2 heterocycles. The van der Waals surface area contributed by atoms with Gasteiger partial charge in [0.05, 0.1) is 12.2 Å². The summed E-state index contributed by atoms with van der Waals surface area (Å²) in [6, 6.07) is 8.24. The zero-order chi connectivity index (χ0) is 13.9. The molecule has 2 aromatic rings. The smallest absolute Gasteiger partial charge is 0.163 e. The fourth-order valence-corrected chi connectivity index (χ4v) is 2.58. The number of nitrogens with zero attached hydrogens (tertiary/aromatic N) is 3. The van der Waals surface area contributed by atoms with E-state index in [1.807, 2.05) is 23.7 Å². The molecule has 0 bridgehead atoms. The van der Waals surface area contributed by atoms with E-state index in [0.29, 0.717) is 12.2 Å². The number of anilines is 1. The van der Waals surface area contributed by atoms with Crippen LogP contribution >= 0.6 is 0 Å². The molecule has 1 aromatic heterocycles. The summed E-state index contributed by atoms with van der Waals surface area (Å²) in [7, 11) is 1.95. The topological polar surface area (TPSA) is 52.0 Å². The number of nitrogens with one attached hydrogen (secondary N) is 1. The van der Waals surface area contributed by atoms with Gasteiger partial charge in [0.25, 0.3) is 0 Å². The Kier molecular flexibility index (Phi) is 3.69. The minimum absolute atomic E-state index is 0.323. The molecule has 1 saturated heterocycles. The van der Waals surface area contributed by atoms with E-state index in [9.17, 15) is 0 Å². The quantitative estimate of drug-likeness (QED) is 0.929. The first-order valence-corrected chi connectivity index (χ1v) is 7.06. The van der Waals surface area contributed by atoms with E-state index in [2.05, 4.69) is 34.6 Å². The highest BCUT2D eigenvalue weighted by Crippen LogP contribution is 2.22. The first-order valence-electron chi connectivity index (χ1n) is 7.06. The van der Waals surface area contributed by atoms with E-state index >= 15 is 0 Å². The third-order valence-electron chi connectivity index (χ3n) is 3.69. The predicted octanol–water partition coefficient (Wildman–Crippen LogP) is 2.46. The number of hydrogen-bond donors (Lipinski definition) is 1. The molecule has 3 rings (SSSR count). The van der Waals surface area contributed by atoms with Crippen LogP contribution < -0.4 is 5.32 Å². The SMILES string of the molecule is CC1CCC(CNc2cccc(-c3nncn3C)c2)O1. The van der Waals surface area contributed by atoms with E-state index in [4.69, 9.17) is 4.74 Å². The van der Waals surface area contributed by atoms with Crippen molar-refractivity contribution in [3.63, 3.8) is 0 Å². The summed E-state index contributed by atoms with van der Waals surface area (Å²) in [6.07, 6.45) is 4.72. The van der Waals surface area contributed by atoms with Gasteiger partial charge in [0, 0.05) is 24.8 Å². The van der Waals surface area contributed by atoms with Crippen molar-refractivity contribution in [2.24, 2.45) is 7.05 Å². The van der Waals surface area contributed by atoms with Gasteiger partial charge in [-0.2, -0.15) is 0 Å². The second kappa shape index (κ2) is 5.63. The number of hydrogen-bond acceptors (Lipinski definition) is 4. The van der Waals surface area contributed by atoms with Crippen molar-refractivity contribution in [1.82, 2.24) is 14.8 Å². The van der Waals surface area contributed by atoms with Crippen LogP contribution in [0, 0.1) is 0 Å². The molecular formula is C15H20N4O. The number of benzene rings is 1. The maximum absolute atomic E-state index is 5.82.